The van der Waals surface area contributed by atoms with E-state index in [4.69, 9.17) is 0 Å². The first kappa shape index (κ1) is 27.0. The van der Waals surface area contributed by atoms with Crippen LogP contribution < -0.4 is 9.64 Å². The summed E-state index contributed by atoms with van der Waals surface area (Å²) in [6.07, 6.45) is -16.9. The van der Waals surface area contributed by atoms with E-state index in [1.807, 2.05) is 4.90 Å². The quantitative estimate of drug-likeness (QED) is 0.545. The van der Waals surface area contributed by atoms with Gasteiger partial charge in [-0.3, -0.25) is 4.90 Å². The van der Waals surface area contributed by atoms with E-state index in [2.05, 4.69) is 4.74 Å². The highest BCUT2D eigenvalue weighted by Gasteiger charge is 2.62. The Balaban J connectivity index is 1.89. The van der Waals surface area contributed by atoms with Gasteiger partial charge in [0.2, 0.25) is 0 Å². The summed E-state index contributed by atoms with van der Waals surface area (Å²) in [7, 11) is 0. The Morgan fingerprint density at radius 2 is 1.57 bits per heavy atom. The molecule has 0 saturated carbocycles. The molecular weight excluding hydrogens is 501 g/mol. The molecule has 198 valence electrons. The maximum Gasteiger partial charge on any atom is 0.573 e. The number of nitrogens with zero attached hydrogens (tertiary/aromatic N) is 3. The van der Waals surface area contributed by atoms with E-state index < -0.39 is 62.2 Å². The molecule has 2 aliphatic heterocycles. The van der Waals surface area contributed by atoms with Crippen molar-refractivity contribution >= 4 is 11.8 Å². The number of hydrogen-bond donors (Lipinski definition) is 1. The molecule has 0 radical (unpaired) electrons. The molecule has 3 rings (SSSR count). The highest BCUT2D eigenvalue weighted by molar-refractivity contribution is 5.65. The van der Waals surface area contributed by atoms with Gasteiger partial charge in [-0.25, -0.2) is 4.79 Å². The van der Waals surface area contributed by atoms with Gasteiger partial charge in [0.05, 0.1) is 6.04 Å². The number of rotatable bonds is 5. The van der Waals surface area contributed by atoms with Gasteiger partial charge in [-0.05, 0) is 18.9 Å². The monoisotopic (exact) mass is 523 g/mol. The maximum absolute atomic E-state index is 13.3. The number of piperazine rings is 1. The van der Waals surface area contributed by atoms with Crippen LogP contribution in [-0.2, 0) is 6.54 Å². The summed E-state index contributed by atoms with van der Waals surface area (Å²) in [5.74, 6) is -4.58. The number of halogens is 9. The van der Waals surface area contributed by atoms with Crippen molar-refractivity contribution in [3.05, 3.63) is 23.8 Å². The summed E-state index contributed by atoms with van der Waals surface area (Å²) in [4.78, 5) is 14.3. The number of anilines is 1. The van der Waals surface area contributed by atoms with Gasteiger partial charge in [-0.15, -0.1) is 13.2 Å². The second-order valence-electron chi connectivity index (χ2n) is 8.37. The molecule has 1 amide bonds. The molecule has 0 aromatic heterocycles. The summed E-state index contributed by atoms with van der Waals surface area (Å²) < 4.78 is 123. The molecule has 1 atom stereocenters. The number of benzene rings is 1. The molecule has 1 aromatic carbocycles. The highest BCUT2D eigenvalue weighted by Crippen LogP contribution is 2.44. The van der Waals surface area contributed by atoms with Crippen molar-refractivity contribution < 1.29 is 54.2 Å². The SMILES string of the molecule is O=C(O)N1CCN(Cc2ccc(N3CCCC3)cc2OC(F)(F)F)CC1C(C(F)(F)F)C(F)(F)F. The second-order valence-corrected chi connectivity index (χ2v) is 8.37. The topological polar surface area (TPSA) is 56.2 Å². The lowest BCUT2D eigenvalue weighted by atomic mass is 9.94. The molecule has 0 aliphatic carbocycles. The lowest BCUT2D eigenvalue weighted by molar-refractivity contribution is -0.300. The number of ether oxygens (including phenoxy) is 1. The molecule has 6 nitrogen and oxygen atoms in total. The minimum Gasteiger partial charge on any atom is -0.465 e. The summed E-state index contributed by atoms with van der Waals surface area (Å²) in [6, 6.07) is 1.38. The first-order valence-electron chi connectivity index (χ1n) is 10.6. The zero-order valence-corrected chi connectivity index (χ0v) is 18.1. The van der Waals surface area contributed by atoms with Gasteiger partial charge in [0.25, 0.3) is 0 Å². The number of alkyl halides is 9. The van der Waals surface area contributed by atoms with Gasteiger partial charge in [0.1, 0.15) is 5.75 Å². The van der Waals surface area contributed by atoms with Gasteiger partial charge >= 0.3 is 24.8 Å². The predicted octanol–water partition coefficient (Wildman–Crippen LogP) is 5.09. The first-order chi connectivity index (χ1) is 16.1. The van der Waals surface area contributed by atoms with Gasteiger partial charge in [-0.2, -0.15) is 26.3 Å². The molecule has 2 heterocycles. The summed E-state index contributed by atoms with van der Waals surface area (Å²) in [5, 5.41) is 9.19. The van der Waals surface area contributed by atoms with Crippen molar-refractivity contribution in [1.82, 2.24) is 9.80 Å². The minimum absolute atomic E-state index is 0.0751. The van der Waals surface area contributed by atoms with Crippen molar-refractivity contribution in [3.63, 3.8) is 0 Å². The van der Waals surface area contributed by atoms with Crippen LogP contribution in [0.3, 0.4) is 0 Å². The second kappa shape index (κ2) is 9.82. The largest absolute Gasteiger partial charge is 0.573 e. The third-order valence-electron chi connectivity index (χ3n) is 5.98. The molecule has 2 fully saturated rings. The fraction of sp³-hybridized carbons (Fsp3) is 0.650. The molecule has 2 aliphatic rings. The predicted molar refractivity (Wildman–Crippen MR) is 104 cm³/mol. The van der Waals surface area contributed by atoms with Gasteiger partial charge in [0, 0.05) is 56.6 Å². The summed E-state index contributed by atoms with van der Waals surface area (Å²) in [6.45, 7) is -1.22. The minimum atomic E-state index is -5.79. The fourth-order valence-corrected chi connectivity index (χ4v) is 4.46. The van der Waals surface area contributed by atoms with Crippen molar-refractivity contribution in [2.75, 3.05) is 37.6 Å². The zero-order chi connectivity index (χ0) is 26.2. The van der Waals surface area contributed by atoms with E-state index in [0.717, 1.165) is 23.8 Å². The fourth-order valence-electron chi connectivity index (χ4n) is 4.46. The van der Waals surface area contributed by atoms with E-state index in [1.165, 1.54) is 12.1 Å². The van der Waals surface area contributed by atoms with Crippen LogP contribution in [0.2, 0.25) is 0 Å². The van der Waals surface area contributed by atoms with E-state index in [0.29, 0.717) is 18.8 Å². The van der Waals surface area contributed by atoms with E-state index in [-0.39, 0.29) is 17.0 Å². The summed E-state index contributed by atoms with van der Waals surface area (Å²) >= 11 is 0. The third kappa shape index (κ3) is 6.76. The van der Waals surface area contributed by atoms with Crippen LogP contribution >= 0.6 is 0 Å². The van der Waals surface area contributed by atoms with Crippen LogP contribution in [0, 0.1) is 5.92 Å². The molecule has 1 aromatic rings. The Bertz CT molecular complexity index is 885. The smallest absolute Gasteiger partial charge is 0.465 e. The van der Waals surface area contributed by atoms with Crippen LogP contribution in [0.4, 0.5) is 50.0 Å². The van der Waals surface area contributed by atoms with Crippen LogP contribution in [0.5, 0.6) is 5.75 Å². The molecular formula is C20H22F9N3O3. The van der Waals surface area contributed by atoms with Crippen LogP contribution in [0.25, 0.3) is 0 Å². The first-order valence-corrected chi connectivity index (χ1v) is 10.6. The van der Waals surface area contributed by atoms with Crippen molar-refractivity contribution in [2.24, 2.45) is 5.92 Å². The maximum atomic E-state index is 13.3. The molecule has 15 heteroatoms. The number of hydrogen-bond acceptors (Lipinski definition) is 4. The molecule has 1 unspecified atom stereocenters. The standard InChI is InChI=1S/C20H22F9N3O3/c21-18(22,23)16(19(24,25)26)14-11-30(7-8-32(14)17(33)34)10-12-3-4-13(31-5-1-2-6-31)9-15(12)35-20(27,28)29/h3-4,9,14,16H,1-2,5-8,10-11H2,(H,33,34). The third-order valence-corrected chi connectivity index (χ3v) is 5.98. The van der Waals surface area contributed by atoms with Crippen molar-refractivity contribution in [3.8, 4) is 5.75 Å². The van der Waals surface area contributed by atoms with Gasteiger partial charge < -0.3 is 19.6 Å². The number of amides is 1. The highest BCUT2D eigenvalue weighted by atomic mass is 19.4. The van der Waals surface area contributed by atoms with Crippen molar-refractivity contribution in [1.29, 1.82) is 0 Å². The van der Waals surface area contributed by atoms with E-state index in [1.54, 1.807) is 0 Å². The zero-order valence-electron chi connectivity index (χ0n) is 18.1. The Hall–Kier alpha value is -2.58. The van der Waals surface area contributed by atoms with Crippen LogP contribution in [0.15, 0.2) is 18.2 Å². The Morgan fingerprint density at radius 3 is 2.09 bits per heavy atom. The van der Waals surface area contributed by atoms with Gasteiger partial charge in [0.15, 0.2) is 5.92 Å². The lowest BCUT2D eigenvalue weighted by Gasteiger charge is -2.44. The normalized spacial score (nSPS) is 20.6. The number of carboxylic acid groups (broad SMARTS) is 1. The Kier molecular flexibility index (Phi) is 7.58. The van der Waals surface area contributed by atoms with Crippen LogP contribution in [0.1, 0.15) is 18.4 Å². The molecule has 1 N–H and O–H groups in total. The van der Waals surface area contributed by atoms with Crippen LogP contribution in [-0.4, -0.2) is 78.5 Å². The average Bonchev–Trinajstić information content (AvgIpc) is 3.20. The average molecular weight is 523 g/mol. The lowest BCUT2D eigenvalue weighted by Crippen LogP contribution is -2.62. The molecule has 35 heavy (non-hydrogen) atoms. The van der Waals surface area contributed by atoms with E-state index in [9.17, 15) is 49.4 Å². The van der Waals surface area contributed by atoms with E-state index >= 15 is 0 Å². The molecule has 0 bridgehead atoms. The van der Waals surface area contributed by atoms with Crippen molar-refractivity contribution in [2.45, 2.75) is 44.1 Å². The summed E-state index contributed by atoms with van der Waals surface area (Å²) in [5.41, 5.74) is 0.330. The molecule has 0 spiro atoms. The Labute approximate surface area is 193 Å². The molecule has 2 saturated heterocycles. The number of carbonyl (C=O) groups is 1. The Morgan fingerprint density at radius 1 is 0.971 bits per heavy atom. The van der Waals surface area contributed by atoms with Gasteiger partial charge in [-0.1, -0.05) is 6.07 Å².